The van der Waals surface area contributed by atoms with Crippen molar-refractivity contribution < 1.29 is 19.3 Å². The maximum absolute atomic E-state index is 12.1. The number of aromatic hydroxyl groups is 1. The van der Waals surface area contributed by atoms with E-state index < -0.39 is 5.56 Å². The first kappa shape index (κ1) is 19.5. The van der Waals surface area contributed by atoms with Crippen molar-refractivity contribution in [2.75, 3.05) is 34.0 Å². The topological polar surface area (TPSA) is 101 Å². The zero-order valence-electron chi connectivity index (χ0n) is 16.4. The molecule has 1 aromatic carbocycles. The molecule has 10 heteroatoms. The molecule has 0 saturated carbocycles. The van der Waals surface area contributed by atoms with E-state index in [1.165, 1.54) is 10.8 Å². The fraction of sp³-hybridized carbons (Fsp3) is 0.421. The van der Waals surface area contributed by atoms with Crippen molar-refractivity contribution in [2.45, 2.75) is 12.5 Å². The minimum absolute atomic E-state index is 0.0671. The standard InChI is InChI=1S/C19H22N4O5S/c1-22-5-4-10-6-13-15(28-9-27-13)16(26-3)14(10)12(22)8-20-7-11-17(24)21-19(29)23(2)18(11)25/h6-7,12,25H,4-5,8-9H2,1-3H3,(H,21,24,29)/t12-/m0/s1. The van der Waals surface area contributed by atoms with E-state index >= 15 is 0 Å². The Bertz CT molecular complexity index is 1110. The fourth-order valence-corrected chi connectivity index (χ4v) is 3.92. The highest BCUT2D eigenvalue weighted by molar-refractivity contribution is 7.71. The van der Waals surface area contributed by atoms with Crippen molar-refractivity contribution in [3.05, 3.63) is 37.9 Å². The number of aromatic nitrogens is 2. The van der Waals surface area contributed by atoms with Crippen LogP contribution in [0.25, 0.3) is 0 Å². The Kier molecular flexibility index (Phi) is 5.05. The van der Waals surface area contributed by atoms with Crippen LogP contribution in [0.5, 0.6) is 23.1 Å². The average Bonchev–Trinajstić information content (AvgIpc) is 3.17. The second kappa shape index (κ2) is 7.53. The van der Waals surface area contributed by atoms with E-state index in [1.807, 2.05) is 13.1 Å². The van der Waals surface area contributed by atoms with Gasteiger partial charge in [-0.2, -0.15) is 0 Å². The number of fused-ring (bicyclic) bond motifs is 2. The molecule has 0 aliphatic carbocycles. The smallest absolute Gasteiger partial charge is 0.264 e. The number of hydrogen-bond donors (Lipinski definition) is 2. The number of aromatic amines is 1. The molecule has 1 atom stereocenters. The summed E-state index contributed by atoms with van der Waals surface area (Å²) in [6.45, 7) is 1.39. The molecular weight excluding hydrogens is 396 g/mol. The second-order valence-electron chi connectivity index (χ2n) is 7.01. The summed E-state index contributed by atoms with van der Waals surface area (Å²) in [7, 11) is 5.20. The number of ether oxygens (including phenoxy) is 3. The maximum atomic E-state index is 12.1. The Morgan fingerprint density at radius 1 is 1.45 bits per heavy atom. The molecule has 0 spiro atoms. The Balaban J connectivity index is 1.70. The van der Waals surface area contributed by atoms with Crippen LogP contribution in [0.1, 0.15) is 22.7 Å². The van der Waals surface area contributed by atoms with E-state index in [2.05, 4.69) is 14.9 Å². The van der Waals surface area contributed by atoms with Crippen LogP contribution in [0, 0.1) is 4.77 Å². The minimum atomic E-state index is -0.479. The number of aliphatic imine (C=N–C) groups is 1. The number of rotatable bonds is 4. The molecule has 0 radical (unpaired) electrons. The number of nitrogens with one attached hydrogen (secondary N) is 1. The number of likely N-dealkylation sites (N-methyl/N-ethyl adjacent to an activating group) is 1. The van der Waals surface area contributed by atoms with E-state index in [-0.39, 0.29) is 29.0 Å². The van der Waals surface area contributed by atoms with Gasteiger partial charge in [0.2, 0.25) is 18.4 Å². The molecule has 4 rings (SSSR count). The van der Waals surface area contributed by atoms with Gasteiger partial charge in [0, 0.05) is 25.4 Å². The van der Waals surface area contributed by atoms with Crippen molar-refractivity contribution in [3.8, 4) is 23.1 Å². The highest BCUT2D eigenvalue weighted by Gasteiger charge is 2.33. The Hall–Kier alpha value is -2.85. The molecule has 0 amide bonds. The van der Waals surface area contributed by atoms with E-state index in [0.717, 1.165) is 24.1 Å². The van der Waals surface area contributed by atoms with E-state index in [9.17, 15) is 9.90 Å². The molecule has 2 aromatic rings. The Morgan fingerprint density at radius 3 is 3.00 bits per heavy atom. The molecule has 1 aromatic heterocycles. The van der Waals surface area contributed by atoms with Crippen molar-refractivity contribution in [1.82, 2.24) is 14.5 Å². The van der Waals surface area contributed by atoms with Gasteiger partial charge in [0.15, 0.2) is 16.3 Å². The molecule has 2 aliphatic heterocycles. The summed E-state index contributed by atoms with van der Waals surface area (Å²) in [5, 5.41) is 10.2. The van der Waals surface area contributed by atoms with Gasteiger partial charge in [0.05, 0.1) is 19.7 Å². The van der Waals surface area contributed by atoms with Gasteiger partial charge in [-0.15, -0.1) is 0 Å². The van der Waals surface area contributed by atoms with Crippen molar-refractivity contribution in [1.29, 1.82) is 0 Å². The van der Waals surface area contributed by atoms with Gasteiger partial charge in [-0.25, -0.2) is 0 Å². The van der Waals surface area contributed by atoms with Crippen LogP contribution in [0.3, 0.4) is 0 Å². The van der Waals surface area contributed by atoms with Gasteiger partial charge in [-0.1, -0.05) is 0 Å². The molecular formula is C19H22N4O5S. The van der Waals surface area contributed by atoms with Gasteiger partial charge < -0.3 is 19.3 Å². The van der Waals surface area contributed by atoms with Gasteiger partial charge >= 0.3 is 0 Å². The first-order valence-electron chi connectivity index (χ1n) is 9.14. The lowest BCUT2D eigenvalue weighted by Crippen LogP contribution is -2.34. The molecule has 29 heavy (non-hydrogen) atoms. The molecule has 0 saturated heterocycles. The summed E-state index contributed by atoms with van der Waals surface area (Å²) in [6.07, 6.45) is 2.24. The molecule has 2 aliphatic rings. The molecule has 2 N–H and O–H groups in total. The SMILES string of the molecule is COc1c2c(cc3c1[C@H](CN=Cc1c(O)n(C)c(=S)[nH]c1=O)N(C)CC3)OCO2. The van der Waals surface area contributed by atoms with Gasteiger partial charge in [-0.3, -0.25) is 24.2 Å². The predicted molar refractivity (Wildman–Crippen MR) is 109 cm³/mol. The number of H-pyrrole nitrogens is 1. The van der Waals surface area contributed by atoms with Gasteiger partial charge in [0.1, 0.15) is 5.56 Å². The van der Waals surface area contributed by atoms with Crippen LogP contribution in [-0.4, -0.2) is 59.8 Å². The third-order valence-electron chi connectivity index (χ3n) is 5.37. The zero-order valence-corrected chi connectivity index (χ0v) is 17.2. The largest absolute Gasteiger partial charge is 0.494 e. The second-order valence-corrected chi connectivity index (χ2v) is 7.40. The average molecular weight is 418 g/mol. The quantitative estimate of drug-likeness (QED) is 0.574. The summed E-state index contributed by atoms with van der Waals surface area (Å²) in [4.78, 5) is 21.3. The van der Waals surface area contributed by atoms with E-state index in [1.54, 1.807) is 14.2 Å². The Labute approximate surface area is 172 Å². The monoisotopic (exact) mass is 418 g/mol. The summed E-state index contributed by atoms with van der Waals surface area (Å²) in [5.41, 5.74) is 1.73. The van der Waals surface area contributed by atoms with Crippen molar-refractivity contribution >= 4 is 18.4 Å². The minimum Gasteiger partial charge on any atom is -0.494 e. The molecule has 9 nitrogen and oxygen atoms in total. The van der Waals surface area contributed by atoms with Gasteiger partial charge in [0.25, 0.3) is 5.56 Å². The maximum Gasteiger partial charge on any atom is 0.264 e. The molecule has 0 unspecified atom stereocenters. The van der Waals surface area contributed by atoms with Crippen LogP contribution < -0.4 is 19.8 Å². The molecule has 154 valence electrons. The summed E-state index contributed by atoms with van der Waals surface area (Å²) in [5.74, 6) is 1.74. The third kappa shape index (κ3) is 3.28. The van der Waals surface area contributed by atoms with E-state index in [4.69, 9.17) is 26.4 Å². The summed E-state index contributed by atoms with van der Waals surface area (Å²) < 4.78 is 18.3. The lowest BCUT2D eigenvalue weighted by molar-refractivity contribution is 0.170. The Morgan fingerprint density at radius 2 is 2.24 bits per heavy atom. The number of benzene rings is 1. The third-order valence-corrected chi connectivity index (χ3v) is 5.75. The first-order valence-corrected chi connectivity index (χ1v) is 9.55. The summed E-state index contributed by atoms with van der Waals surface area (Å²) in [6, 6.07) is 1.93. The lowest BCUT2D eigenvalue weighted by Gasteiger charge is -2.35. The zero-order chi connectivity index (χ0) is 20.7. The van der Waals surface area contributed by atoms with Crippen LogP contribution in [0.15, 0.2) is 15.9 Å². The normalized spacial score (nSPS) is 18.2. The number of hydrogen-bond acceptors (Lipinski definition) is 8. The molecule has 0 bridgehead atoms. The van der Waals surface area contributed by atoms with Crippen molar-refractivity contribution in [2.24, 2.45) is 12.0 Å². The highest BCUT2D eigenvalue weighted by atomic mass is 32.1. The lowest BCUT2D eigenvalue weighted by atomic mass is 9.91. The van der Waals surface area contributed by atoms with Crippen LogP contribution in [0.2, 0.25) is 0 Å². The molecule has 3 heterocycles. The predicted octanol–water partition coefficient (Wildman–Crippen LogP) is 1.53. The van der Waals surface area contributed by atoms with Crippen LogP contribution in [0.4, 0.5) is 0 Å². The fourth-order valence-electron chi connectivity index (χ4n) is 3.74. The summed E-state index contributed by atoms with van der Waals surface area (Å²) >= 11 is 4.99. The van der Waals surface area contributed by atoms with Gasteiger partial charge in [-0.05, 0) is 37.3 Å². The molecule has 0 fully saturated rings. The highest BCUT2D eigenvalue weighted by Crippen LogP contribution is 2.49. The van der Waals surface area contributed by atoms with Crippen LogP contribution >= 0.6 is 12.2 Å². The van der Waals surface area contributed by atoms with Crippen molar-refractivity contribution in [3.63, 3.8) is 0 Å². The first-order chi connectivity index (χ1) is 13.9. The number of methoxy groups -OCH3 is 1. The van der Waals surface area contributed by atoms with Crippen LogP contribution in [-0.2, 0) is 13.5 Å². The van der Waals surface area contributed by atoms with E-state index in [0.29, 0.717) is 23.8 Å². The number of nitrogens with zero attached hydrogens (tertiary/aromatic N) is 3.